The van der Waals surface area contributed by atoms with E-state index in [0.717, 1.165) is 12.1 Å². The second-order valence-corrected chi connectivity index (χ2v) is 15.7. The Morgan fingerprint density at radius 3 is 1.15 bits per heavy atom. The van der Waals surface area contributed by atoms with Gasteiger partial charge >= 0.3 is 59.1 Å². The number of hydrogen-bond donors (Lipinski definition) is 8. The molecule has 20 nitrogen and oxygen atoms in total. The molecule has 2 aromatic heterocycles. The SMILES string of the molecule is CN(CCO)c1nc(Nc2ccccc2)nc(Nc2ccc(C=Cc3ccc(Nc4nc(Nc5ccccc5)nc(N(C)CCO)n4)cc3S(=O)(=O)O)c(S(=O)(=O)O)c2)n1.[H-].[H-].[Na+].[Na+]. The number of hydrogen-bond acceptors (Lipinski definition) is 18. The van der Waals surface area contributed by atoms with Gasteiger partial charge in [-0.15, -0.1) is 0 Å². The van der Waals surface area contributed by atoms with Crippen LogP contribution in [-0.2, 0) is 20.2 Å². The fraction of sp³-hybridized carbons (Fsp3) is 0.158. The molecule has 0 amide bonds. The van der Waals surface area contributed by atoms with Gasteiger partial charge in [0.1, 0.15) is 9.79 Å². The number of aliphatic hydroxyl groups is 2. The molecule has 316 valence electrons. The van der Waals surface area contributed by atoms with E-state index in [9.17, 15) is 36.2 Å². The van der Waals surface area contributed by atoms with Crippen molar-refractivity contribution in [1.82, 2.24) is 29.9 Å². The average Bonchev–Trinajstić information content (AvgIpc) is 3.20. The summed E-state index contributed by atoms with van der Waals surface area (Å²) in [5.74, 6) is 0.704. The first kappa shape index (κ1) is 49.8. The van der Waals surface area contributed by atoms with Crippen LogP contribution in [0.1, 0.15) is 14.0 Å². The molecule has 6 aromatic rings. The van der Waals surface area contributed by atoms with E-state index in [1.54, 1.807) is 48.2 Å². The number of rotatable bonds is 18. The van der Waals surface area contributed by atoms with Crippen LogP contribution in [0.4, 0.5) is 58.4 Å². The Balaban J connectivity index is 0.00000352. The minimum Gasteiger partial charge on any atom is -1.00 e. The standard InChI is InChI=1S/C38H40N12O8S2.2Na.2H/c1-49(19-21-51)37-45-33(39-27-9-5-3-6-10-27)43-35(47-37)41-29-17-15-25(31(23-29)59(53,54)55)13-14-26-16-18-30(24-32(26)60(56,57)58)42-36-44-34(40-28-11-7-4-8-12-28)46-38(48-36)50(2)20-22-52;;;;/h3-18,23-24,51-52H,19-22H2,1-2H3,(H,53,54,55)(H,56,57,58)(H2,39,41,43,45,47)(H2,40,42,44,46,48);;;;/q;2*+1;2*-1. The van der Waals surface area contributed by atoms with Crippen LogP contribution in [0.25, 0.3) is 12.2 Å². The van der Waals surface area contributed by atoms with Crippen LogP contribution >= 0.6 is 0 Å². The Morgan fingerprint density at radius 1 is 0.516 bits per heavy atom. The molecular weight excluding hydrogens is 863 g/mol. The van der Waals surface area contributed by atoms with Crippen molar-refractivity contribution in [2.45, 2.75) is 9.79 Å². The summed E-state index contributed by atoms with van der Waals surface area (Å²) in [5, 5.41) is 30.9. The van der Waals surface area contributed by atoms with Crippen molar-refractivity contribution >= 4 is 90.8 Å². The third-order valence-corrected chi connectivity index (χ3v) is 10.2. The molecule has 0 aliphatic rings. The van der Waals surface area contributed by atoms with Gasteiger partial charge < -0.3 is 44.1 Å². The van der Waals surface area contributed by atoms with E-state index in [1.807, 2.05) is 36.4 Å². The monoisotopic (exact) mass is 904 g/mol. The first-order chi connectivity index (χ1) is 28.7. The summed E-state index contributed by atoms with van der Waals surface area (Å²) in [6.45, 7) is 0.0646. The fourth-order valence-corrected chi connectivity index (χ4v) is 6.90. The number of aromatic nitrogens is 6. The maximum Gasteiger partial charge on any atom is 1.00 e. The second kappa shape index (κ2) is 22.5. The van der Waals surface area contributed by atoms with Crippen molar-refractivity contribution in [3.8, 4) is 0 Å². The minimum atomic E-state index is -4.86. The first-order valence-electron chi connectivity index (χ1n) is 17.9. The Hall–Kier alpha value is -4.82. The van der Waals surface area contributed by atoms with E-state index < -0.39 is 30.0 Å². The Kier molecular flexibility index (Phi) is 18.1. The Morgan fingerprint density at radius 2 is 0.839 bits per heavy atom. The molecule has 62 heavy (non-hydrogen) atoms. The Labute approximate surface area is 405 Å². The van der Waals surface area contributed by atoms with Gasteiger partial charge in [-0.05, 0) is 59.7 Å². The number of anilines is 10. The molecule has 0 aliphatic carbocycles. The maximum absolute atomic E-state index is 12.6. The van der Waals surface area contributed by atoms with Crippen molar-refractivity contribution in [3.05, 3.63) is 108 Å². The molecule has 0 fully saturated rings. The molecule has 0 spiro atoms. The molecule has 0 saturated carbocycles. The zero-order chi connectivity index (χ0) is 42.9. The van der Waals surface area contributed by atoms with Crippen LogP contribution < -0.4 is 90.2 Å². The van der Waals surface area contributed by atoms with Crippen LogP contribution in [0.5, 0.6) is 0 Å². The summed E-state index contributed by atoms with van der Waals surface area (Å²) >= 11 is 0. The summed E-state index contributed by atoms with van der Waals surface area (Å²) in [6.07, 6.45) is 2.51. The van der Waals surface area contributed by atoms with Gasteiger partial charge in [0.25, 0.3) is 20.2 Å². The molecule has 8 N–H and O–H groups in total. The van der Waals surface area contributed by atoms with Crippen LogP contribution in [0.15, 0.2) is 107 Å². The molecule has 24 heteroatoms. The normalized spacial score (nSPS) is 11.3. The predicted molar refractivity (Wildman–Crippen MR) is 230 cm³/mol. The summed E-state index contributed by atoms with van der Waals surface area (Å²) in [5.41, 5.74) is 1.63. The summed E-state index contributed by atoms with van der Waals surface area (Å²) < 4.78 is 71.1. The Bertz CT molecular complexity index is 2540. The zero-order valence-corrected chi connectivity index (χ0v) is 39.7. The number of nitrogens with zero attached hydrogens (tertiary/aromatic N) is 8. The average molecular weight is 905 g/mol. The largest absolute Gasteiger partial charge is 1.00 e. The summed E-state index contributed by atoms with van der Waals surface area (Å²) in [7, 11) is -6.38. The van der Waals surface area contributed by atoms with Crippen molar-refractivity contribution in [2.24, 2.45) is 0 Å². The van der Waals surface area contributed by atoms with E-state index in [4.69, 9.17) is 0 Å². The van der Waals surface area contributed by atoms with Gasteiger partial charge in [-0.2, -0.15) is 46.7 Å². The quantitative estimate of drug-likeness (QED) is 0.0285. The summed E-state index contributed by atoms with van der Waals surface area (Å²) in [6, 6.07) is 26.1. The minimum absolute atomic E-state index is 0. The first-order valence-corrected chi connectivity index (χ1v) is 20.8. The van der Waals surface area contributed by atoms with E-state index in [2.05, 4.69) is 51.2 Å². The number of para-hydroxylation sites is 2. The van der Waals surface area contributed by atoms with Crippen LogP contribution in [0.3, 0.4) is 0 Å². The molecule has 0 saturated heterocycles. The third-order valence-electron chi connectivity index (χ3n) is 8.40. The number of nitrogens with one attached hydrogen (secondary N) is 4. The van der Waals surface area contributed by atoms with Crippen molar-refractivity contribution in [2.75, 3.05) is 71.5 Å². The van der Waals surface area contributed by atoms with Crippen LogP contribution in [-0.4, -0.2) is 106 Å². The topological polar surface area (TPSA) is 281 Å². The van der Waals surface area contributed by atoms with E-state index in [1.165, 1.54) is 36.4 Å². The van der Waals surface area contributed by atoms with Gasteiger partial charge in [0, 0.05) is 49.9 Å². The maximum atomic E-state index is 12.6. The molecule has 0 unspecified atom stereocenters. The van der Waals surface area contributed by atoms with E-state index >= 15 is 0 Å². The molecule has 2 heterocycles. The number of likely N-dealkylation sites (N-methyl/N-ethyl adjacent to an activating group) is 2. The van der Waals surface area contributed by atoms with Crippen molar-refractivity contribution in [1.29, 1.82) is 0 Å². The van der Waals surface area contributed by atoms with Gasteiger partial charge in [0.15, 0.2) is 0 Å². The van der Waals surface area contributed by atoms with Gasteiger partial charge in [0.2, 0.25) is 35.7 Å². The van der Waals surface area contributed by atoms with Gasteiger partial charge in [-0.3, -0.25) is 9.11 Å². The number of benzene rings is 4. The second-order valence-electron chi connectivity index (χ2n) is 12.9. The smallest absolute Gasteiger partial charge is 1.00 e. The van der Waals surface area contributed by atoms with E-state index in [0.29, 0.717) is 11.4 Å². The zero-order valence-electron chi connectivity index (χ0n) is 36.0. The van der Waals surface area contributed by atoms with Gasteiger partial charge in [0.05, 0.1) is 13.2 Å². The number of aliphatic hydroxyl groups excluding tert-OH is 2. The molecule has 0 atom stereocenters. The van der Waals surface area contributed by atoms with Gasteiger partial charge in [-0.1, -0.05) is 60.7 Å². The predicted octanol–water partition coefficient (Wildman–Crippen LogP) is -1.22. The molecule has 0 radical (unpaired) electrons. The van der Waals surface area contributed by atoms with Crippen LogP contribution in [0.2, 0.25) is 0 Å². The molecule has 0 bridgehead atoms. The van der Waals surface area contributed by atoms with E-state index in [-0.39, 0.29) is 146 Å². The molecule has 6 rings (SSSR count). The molecular formula is C38H42N12Na2O8S2. The fourth-order valence-electron chi connectivity index (χ4n) is 5.48. The van der Waals surface area contributed by atoms with Crippen molar-refractivity contribution < 1.29 is 98.1 Å². The molecule has 0 aliphatic heterocycles. The van der Waals surface area contributed by atoms with Crippen LogP contribution in [0, 0.1) is 0 Å². The van der Waals surface area contributed by atoms with Crippen molar-refractivity contribution in [3.63, 3.8) is 0 Å². The third kappa shape index (κ3) is 13.8. The summed E-state index contributed by atoms with van der Waals surface area (Å²) in [4.78, 5) is 28.5. The molecule has 4 aromatic carbocycles. The van der Waals surface area contributed by atoms with Gasteiger partial charge in [-0.25, -0.2) is 0 Å².